The molecule has 1 rings (SSSR count). The smallest absolute Gasteiger partial charge is 0.306 e. The van der Waals surface area contributed by atoms with Crippen molar-refractivity contribution in [1.82, 2.24) is 0 Å². The molecule has 0 fully saturated rings. The van der Waals surface area contributed by atoms with Crippen LogP contribution in [0.4, 0.5) is 0 Å². The lowest BCUT2D eigenvalue weighted by molar-refractivity contribution is -0.145. The fraction of sp³-hybridized carbons (Fsp3) is 0.619. The van der Waals surface area contributed by atoms with Crippen LogP contribution in [0, 0.1) is 0 Å². The van der Waals surface area contributed by atoms with Gasteiger partial charge < -0.3 is 14.2 Å². The average molecular weight is 364 g/mol. The summed E-state index contributed by atoms with van der Waals surface area (Å²) in [5.41, 5.74) is 0.931. The van der Waals surface area contributed by atoms with Crippen molar-refractivity contribution in [2.24, 2.45) is 0 Å². The van der Waals surface area contributed by atoms with Gasteiger partial charge in [-0.3, -0.25) is 9.59 Å². The number of rotatable bonds is 14. The molecule has 0 saturated heterocycles. The number of carbonyl (C=O) groups excluding carboxylic acids is 2. The van der Waals surface area contributed by atoms with Crippen LogP contribution in [0.5, 0.6) is 5.75 Å². The van der Waals surface area contributed by atoms with E-state index in [1.807, 2.05) is 24.3 Å². The lowest BCUT2D eigenvalue weighted by Crippen LogP contribution is -2.06. The van der Waals surface area contributed by atoms with Crippen molar-refractivity contribution >= 4 is 11.9 Å². The van der Waals surface area contributed by atoms with Crippen LogP contribution >= 0.6 is 0 Å². The highest BCUT2D eigenvalue weighted by Crippen LogP contribution is 2.13. The molecule has 0 amide bonds. The van der Waals surface area contributed by atoms with Gasteiger partial charge in [0.05, 0.1) is 13.7 Å². The van der Waals surface area contributed by atoms with Gasteiger partial charge in [-0.15, -0.1) is 0 Å². The number of methoxy groups -OCH3 is 1. The van der Waals surface area contributed by atoms with Crippen molar-refractivity contribution in [1.29, 1.82) is 0 Å². The Morgan fingerprint density at radius 1 is 0.808 bits per heavy atom. The minimum atomic E-state index is -0.209. The van der Waals surface area contributed by atoms with Crippen molar-refractivity contribution in [3.63, 3.8) is 0 Å². The van der Waals surface area contributed by atoms with Gasteiger partial charge in [-0.25, -0.2) is 0 Å². The van der Waals surface area contributed by atoms with Gasteiger partial charge in [0.2, 0.25) is 0 Å². The highest BCUT2D eigenvalue weighted by molar-refractivity contribution is 5.69. The van der Waals surface area contributed by atoms with Crippen LogP contribution in [0.2, 0.25) is 0 Å². The molecule has 0 radical (unpaired) electrons. The fourth-order valence-corrected chi connectivity index (χ4v) is 2.46. The molecule has 5 nitrogen and oxygen atoms in total. The molecule has 26 heavy (non-hydrogen) atoms. The Balaban J connectivity index is 1.99. The third-order valence-corrected chi connectivity index (χ3v) is 4.08. The Labute approximate surface area is 157 Å². The third kappa shape index (κ3) is 10.7. The van der Waals surface area contributed by atoms with E-state index in [9.17, 15) is 9.59 Å². The first-order chi connectivity index (χ1) is 12.7. The summed E-state index contributed by atoms with van der Waals surface area (Å²) in [6, 6.07) is 7.43. The molecule has 0 atom stereocenters. The maximum Gasteiger partial charge on any atom is 0.306 e. The van der Waals surface area contributed by atoms with Gasteiger partial charge in [-0.05, 0) is 37.0 Å². The highest BCUT2D eigenvalue weighted by atomic mass is 16.5. The number of benzene rings is 1. The summed E-state index contributed by atoms with van der Waals surface area (Å²) in [6.07, 6.45) is 7.52. The molecule has 1 aromatic rings. The topological polar surface area (TPSA) is 61.8 Å². The molecule has 1 aromatic carbocycles. The first-order valence-electron chi connectivity index (χ1n) is 9.60. The van der Waals surface area contributed by atoms with Gasteiger partial charge in [0.1, 0.15) is 12.4 Å². The zero-order chi connectivity index (χ0) is 19.0. The van der Waals surface area contributed by atoms with E-state index in [0.29, 0.717) is 19.4 Å². The monoisotopic (exact) mass is 364 g/mol. The van der Waals surface area contributed by atoms with Gasteiger partial charge in [0.25, 0.3) is 0 Å². The van der Waals surface area contributed by atoms with E-state index in [4.69, 9.17) is 14.2 Å². The van der Waals surface area contributed by atoms with Crippen LogP contribution in [0.1, 0.15) is 70.3 Å². The molecule has 0 aromatic heterocycles. The van der Waals surface area contributed by atoms with Crippen LogP contribution < -0.4 is 4.74 Å². The molecule has 0 aliphatic heterocycles. The molecule has 0 spiro atoms. The average Bonchev–Trinajstić information content (AvgIpc) is 2.66. The molecule has 0 aliphatic carbocycles. The Bertz CT molecular complexity index is 510. The van der Waals surface area contributed by atoms with E-state index in [2.05, 4.69) is 6.92 Å². The second-order valence-corrected chi connectivity index (χ2v) is 6.35. The molecule has 0 saturated carbocycles. The molecular weight excluding hydrogens is 332 g/mol. The predicted molar refractivity (Wildman–Crippen MR) is 101 cm³/mol. The quantitative estimate of drug-likeness (QED) is 0.350. The van der Waals surface area contributed by atoms with Gasteiger partial charge in [0.15, 0.2) is 0 Å². The number of carbonyl (C=O) groups is 2. The van der Waals surface area contributed by atoms with Gasteiger partial charge >= 0.3 is 11.9 Å². The van der Waals surface area contributed by atoms with Crippen LogP contribution in [0.3, 0.4) is 0 Å². The Hall–Kier alpha value is -2.04. The van der Waals surface area contributed by atoms with Crippen LogP contribution in [0.15, 0.2) is 24.3 Å². The van der Waals surface area contributed by atoms with Crippen molar-refractivity contribution in [3.05, 3.63) is 29.8 Å². The van der Waals surface area contributed by atoms with Crippen molar-refractivity contribution in [2.45, 2.75) is 71.3 Å². The standard InChI is InChI=1S/C21H32O5/c1-3-4-5-9-16-25-20(22)10-7-6-8-11-21(23)26-17-18-12-14-19(24-2)15-13-18/h12-15H,3-11,16-17H2,1-2H3. The summed E-state index contributed by atoms with van der Waals surface area (Å²) in [5.74, 6) is 0.433. The summed E-state index contributed by atoms with van der Waals surface area (Å²) in [6.45, 7) is 2.95. The van der Waals surface area contributed by atoms with Crippen LogP contribution in [0.25, 0.3) is 0 Å². The van der Waals surface area contributed by atoms with Gasteiger partial charge in [-0.1, -0.05) is 44.7 Å². The zero-order valence-corrected chi connectivity index (χ0v) is 16.1. The lowest BCUT2D eigenvalue weighted by Gasteiger charge is -2.06. The maximum absolute atomic E-state index is 11.7. The number of ether oxygens (including phenoxy) is 3. The first kappa shape index (κ1) is 22.0. The van der Waals surface area contributed by atoms with Gasteiger partial charge in [-0.2, -0.15) is 0 Å². The minimum Gasteiger partial charge on any atom is -0.497 e. The Morgan fingerprint density at radius 3 is 2.04 bits per heavy atom. The third-order valence-electron chi connectivity index (χ3n) is 4.08. The van der Waals surface area contributed by atoms with E-state index in [-0.39, 0.29) is 18.5 Å². The van der Waals surface area contributed by atoms with Gasteiger partial charge in [0, 0.05) is 12.8 Å². The van der Waals surface area contributed by atoms with E-state index in [0.717, 1.165) is 43.4 Å². The Morgan fingerprint density at radius 2 is 1.42 bits per heavy atom. The summed E-state index contributed by atoms with van der Waals surface area (Å²) in [7, 11) is 1.61. The molecule has 0 N–H and O–H groups in total. The molecule has 0 heterocycles. The number of hydrogen-bond acceptors (Lipinski definition) is 5. The van der Waals surface area contributed by atoms with E-state index in [1.54, 1.807) is 7.11 Å². The first-order valence-corrected chi connectivity index (χ1v) is 9.60. The molecule has 0 bridgehead atoms. The van der Waals surface area contributed by atoms with E-state index in [1.165, 1.54) is 12.8 Å². The van der Waals surface area contributed by atoms with Crippen LogP contribution in [-0.4, -0.2) is 25.7 Å². The lowest BCUT2D eigenvalue weighted by atomic mass is 10.1. The van der Waals surface area contributed by atoms with Crippen molar-refractivity contribution in [3.8, 4) is 5.75 Å². The second-order valence-electron chi connectivity index (χ2n) is 6.35. The summed E-state index contributed by atoms with van der Waals surface area (Å²) < 4.78 is 15.5. The summed E-state index contributed by atoms with van der Waals surface area (Å²) in [4.78, 5) is 23.3. The number of hydrogen-bond donors (Lipinski definition) is 0. The molecule has 146 valence electrons. The minimum absolute atomic E-state index is 0.136. The molecule has 0 aliphatic rings. The largest absolute Gasteiger partial charge is 0.497 e. The highest BCUT2D eigenvalue weighted by Gasteiger charge is 2.06. The van der Waals surface area contributed by atoms with Crippen molar-refractivity contribution < 1.29 is 23.8 Å². The maximum atomic E-state index is 11.7. The Kier molecular flexibility index (Phi) is 12.0. The number of unbranched alkanes of at least 4 members (excludes halogenated alkanes) is 5. The summed E-state index contributed by atoms with van der Waals surface area (Å²) in [5, 5.41) is 0. The van der Waals surface area contributed by atoms with E-state index < -0.39 is 0 Å². The molecule has 5 heteroatoms. The van der Waals surface area contributed by atoms with E-state index >= 15 is 0 Å². The van der Waals surface area contributed by atoms with Crippen LogP contribution in [-0.2, 0) is 25.7 Å². The van der Waals surface area contributed by atoms with Crippen molar-refractivity contribution in [2.75, 3.05) is 13.7 Å². The predicted octanol–water partition coefficient (Wildman–Crippen LogP) is 4.81. The second kappa shape index (κ2) is 14.2. The number of esters is 2. The summed E-state index contributed by atoms with van der Waals surface area (Å²) >= 11 is 0. The zero-order valence-electron chi connectivity index (χ0n) is 16.1. The normalized spacial score (nSPS) is 10.4. The molecule has 0 unspecified atom stereocenters. The SMILES string of the molecule is CCCCCCOC(=O)CCCCCC(=O)OCc1ccc(OC)cc1. The molecular formula is C21H32O5. The fourth-order valence-electron chi connectivity index (χ4n) is 2.46.